The Bertz CT molecular complexity index is 989. The highest BCUT2D eigenvalue weighted by Gasteiger charge is 2.21. The van der Waals surface area contributed by atoms with Crippen LogP contribution >= 0.6 is 11.6 Å². The second kappa shape index (κ2) is 7.84. The molecule has 1 N–H and O–H groups in total. The second-order valence-corrected chi connectivity index (χ2v) is 8.03. The number of nitrogens with one attached hydrogen (secondary N) is 1. The Morgan fingerprint density at radius 1 is 1.18 bits per heavy atom. The zero-order valence-corrected chi connectivity index (χ0v) is 16.9. The summed E-state index contributed by atoms with van der Waals surface area (Å²) in [6, 6.07) is 11.1. The lowest BCUT2D eigenvalue weighted by Gasteiger charge is -2.26. The minimum absolute atomic E-state index is 0.206. The van der Waals surface area contributed by atoms with Crippen LogP contribution in [0.5, 0.6) is 5.75 Å². The molecule has 0 spiro atoms. The molecule has 4 rings (SSSR count). The molecule has 0 bridgehead atoms. The minimum Gasteiger partial charge on any atom is -0.494 e. The Morgan fingerprint density at radius 3 is 2.57 bits per heavy atom. The molecule has 3 aromatic rings. The minimum atomic E-state index is -0.206. The first-order chi connectivity index (χ1) is 13.5. The van der Waals surface area contributed by atoms with Gasteiger partial charge in [-0.25, -0.2) is 0 Å². The van der Waals surface area contributed by atoms with Gasteiger partial charge in [0.05, 0.1) is 24.4 Å². The number of fused-ring (bicyclic) bond motifs is 1. The van der Waals surface area contributed by atoms with Crippen LogP contribution in [0.2, 0.25) is 5.02 Å². The molecule has 5 nitrogen and oxygen atoms in total. The van der Waals surface area contributed by atoms with Crippen molar-refractivity contribution in [3.05, 3.63) is 53.2 Å². The highest BCUT2D eigenvalue weighted by atomic mass is 35.5. The predicted molar refractivity (Wildman–Crippen MR) is 112 cm³/mol. The standard InChI is InChI=1S/C22H24ClN3O2/c1-14-3-9-18(10-4-14)26-13-16-11-20(21(28-2)12-19(16)25-26)24-22(27)15-5-7-17(23)8-6-15/h5-8,11-14,18H,3-4,9-10H2,1-2H3,(H,24,27). The fourth-order valence-corrected chi connectivity index (χ4v) is 3.95. The third kappa shape index (κ3) is 3.85. The van der Waals surface area contributed by atoms with E-state index in [0.717, 1.165) is 29.7 Å². The third-order valence-corrected chi connectivity index (χ3v) is 5.81. The number of methoxy groups -OCH3 is 1. The van der Waals surface area contributed by atoms with Gasteiger partial charge >= 0.3 is 0 Å². The number of halogens is 1. The molecule has 0 saturated heterocycles. The Labute approximate surface area is 169 Å². The molecule has 1 aromatic heterocycles. The number of ether oxygens (including phenoxy) is 1. The van der Waals surface area contributed by atoms with Crippen LogP contribution in [0.3, 0.4) is 0 Å². The van der Waals surface area contributed by atoms with E-state index in [4.69, 9.17) is 21.4 Å². The number of carbonyl (C=O) groups is 1. The van der Waals surface area contributed by atoms with E-state index in [1.165, 1.54) is 12.8 Å². The normalized spacial score (nSPS) is 19.5. The van der Waals surface area contributed by atoms with Crippen LogP contribution in [-0.4, -0.2) is 22.8 Å². The molecule has 1 aliphatic carbocycles. The van der Waals surface area contributed by atoms with Gasteiger partial charge in [-0.05, 0) is 61.9 Å². The zero-order chi connectivity index (χ0) is 19.7. The molecular weight excluding hydrogens is 374 g/mol. The van der Waals surface area contributed by atoms with Crippen molar-refractivity contribution >= 4 is 34.1 Å². The first-order valence-corrected chi connectivity index (χ1v) is 10.0. The van der Waals surface area contributed by atoms with Gasteiger partial charge in [-0.3, -0.25) is 9.48 Å². The summed E-state index contributed by atoms with van der Waals surface area (Å²) in [6.07, 6.45) is 6.88. The van der Waals surface area contributed by atoms with Gasteiger partial charge in [0.2, 0.25) is 0 Å². The smallest absolute Gasteiger partial charge is 0.255 e. The van der Waals surface area contributed by atoms with Crippen LogP contribution in [0.4, 0.5) is 5.69 Å². The molecule has 0 aliphatic heterocycles. The molecule has 1 amide bonds. The molecule has 2 aromatic carbocycles. The SMILES string of the molecule is COc1cc2nn(C3CCC(C)CC3)cc2cc1NC(=O)c1ccc(Cl)cc1. The zero-order valence-electron chi connectivity index (χ0n) is 16.1. The molecule has 1 heterocycles. The number of hydrogen-bond donors (Lipinski definition) is 1. The Kier molecular flexibility index (Phi) is 5.27. The predicted octanol–water partition coefficient (Wildman–Crippen LogP) is 5.70. The van der Waals surface area contributed by atoms with Crippen molar-refractivity contribution in [2.75, 3.05) is 12.4 Å². The number of carbonyl (C=O) groups excluding carboxylic acids is 1. The highest BCUT2D eigenvalue weighted by Crippen LogP contribution is 2.34. The van der Waals surface area contributed by atoms with Crippen molar-refractivity contribution in [3.8, 4) is 5.75 Å². The number of hydrogen-bond acceptors (Lipinski definition) is 3. The summed E-state index contributed by atoms with van der Waals surface area (Å²) >= 11 is 5.90. The van der Waals surface area contributed by atoms with Gasteiger partial charge < -0.3 is 10.1 Å². The molecule has 1 fully saturated rings. The topological polar surface area (TPSA) is 56.1 Å². The summed E-state index contributed by atoms with van der Waals surface area (Å²) in [7, 11) is 1.60. The molecule has 0 unspecified atom stereocenters. The van der Waals surface area contributed by atoms with Crippen molar-refractivity contribution < 1.29 is 9.53 Å². The number of benzene rings is 2. The van der Waals surface area contributed by atoms with Gasteiger partial charge in [-0.2, -0.15) is 5.10 Å². The van der Waals surface area contributed by atoms with Crippen LogP contribution in [0.1, 0.15) is 49.0 Å². The molecule has 6 heteroatoms. The number of aromatic nitrogens is 2. The molecule has 28 heavy (non-hydrogen) atoms. The van der Waals surface area contributed by atoms with E-state index >= 15 is 0 Å². The van der Waals surface area contributed by atoms with Crippen molar-refractivity contribution in [3.63, 3.8) is 0 Å². The molecule has 1 aliphatic rings. The van der Waals surface area contributed by atoms with Crippen molar-refractivity contribution in [1.82, 2.24) is 9.78 Å². The lowest BCUT2D eigenvalue weighted by molar-refractivity contribution is 0.102. The molecule has 0 atom stereocenters. The summed E-state index contributed by atoms with van der Waals surface area (Å²) in [5.74, 6) is 1.19. The van der Waals surface area contributed by atoms with E-state index < -0.39 is 0 Å². The summed E-state index contributed by atoms with van der Waals surface area (Å²) in [6.45, 7) is 2.32. The maximum Gasteiger partial charge on any atom is 0.255 e. The lowest BCUT2D eigenvalue weighted by Crippen LogP contribution is -2.16. The largest absolute Gasteiger partial charge is 0.494 e. The molecule has 146 valence electrons. The lowest BCUT2D eigenvalue weighted by atomic mass is 9.87. The summed E-state index contributed by atoms with van der Waals surface area (Å²) in [5, 5.41) is 9.30. The monoisotopic (exact) mass is 397 g/mol. The maximum absolute atomic E-state index is 12.6. The van der Waals surface area contributed by atoms with E-state index in [1.807, 2.05) is 12.1 Å². The van der Waals surface area contributed by atoms with Gasteiger partial charge in [0.25, 0.3) is 5.91 Å². The van der Waals surface area contributed by atoms with Crippen LogP contribution < -0.4 is 10.1 Å². The van der Waals surface area contributed by atoms with E-state index in [2.05, 4.69) is 23.1 Å². The van der Waals surface area contributed by atoms with Crippen molar-refractivity contribution in [2.24, 2.45) is 5.92 Å². The van der Waals surface area contributed by atoms with Crippen LogP contribution in [0.15, 0.2) is 42.6 Å². The van der Waals surface area contributed by atoms with Crippen LogP contribution in [0.25, 0.3) is 10.9 Å². The van der Waals surface area contributed by atoms with E-state index in [0.29, 0.717) is 28.1 Å². The van der Waals surface area contributed by atoms with Crippen LogP contribution in [-0.2, 0) is 0 Å². The van der Waals surface area contributed by atoms with Gasteiger partial charge in [-0.15, -0.1) is 0 Å². The van der Waals surface area contributed by atoms with E-state index in [1.54, 1.807) is 31.4 Å². The summed E-state index contributed by atoms with van der Waals surface area (Å²) in [4.78, 5) is 12.6. The van der Waals surface area contributed by atoms with Crippen molar-refractivity contribution in [2.45, 2.75) is 38.6 Å². The fraction of sp³-hybridized carbons (Fsp3) is 0.364. The Morgan fingerprint density at radius 2 is 1.89 bits per heavy atom. The van der Waals surface area contributed by atoms with Gasteiger partial charge in [-0.1, -0.05) is 18.5 Å². The molecule has 1 saturated carbocycles. The Hall–Kier alpha value is -2.53. The fourth-order valence-electron chi connectivity index (χ4n) is 3.83. The maximum atomic E-state index is 12.6. The van der Waals surface area contributed by atoms with Crippen LogP contribution in [0, 0.1) is 5.92 Å². The molecule has 0 radical (unpaired) electrons. The average Bonchev–Trinajstić information content (AvgIpc) is 3.11. The number of amides is 1. The quantitative estimate of drug-likeness (QED) is 0.614. The third-order valence-electron chi connectivity index (χ3n) is 5.56. The first-order valence-electron chi connectivity index (χ1n) is 9.67. The van der Waals surface area contributed by atoms with E-state index in [-0.39, 0.29) is 5.91 Å². The van der Waals surface area contributed by atoms with E-state index in [9.17, 15) is 4.79 Å². The average molecular weight is 398 g/mol. The van der Waals surface area contributed by atoms with Gasteiger partial charge in [0.15, 0.2) is 0 Å². The van der Waals surface area contributed by atoms with Gasteiger partial charge in [0, 0.05) is 28.2 Å². The van der Waals surface area contributed by atoms with Crippen molar-refractivity contribution in [1.29, 1.82) is 0 Å². The number of rotatable bonds is 4. The first kappa shape index (κ1) is 18.8. The molecular formula is C22H24ClN3O2. The highest BCUT2D eigenvalue weighted by molar-refractivity contribution is 6.30. The number of anilines is 1. The second-order valence-electron chi connectivity index (χ2n) is 7.60. The summed E-state index contributed by atoms with van der Waals surface area (Å²) < 4.78 is 7.58. The number of nitrogens with zero attached hydrogens (tertiary/aromatic N) is 2. The van der Waals surface area contributed by atoms with Gasteiger partial charge in [0.1, 0.15) is 5.75 Å². The Balaban J connectivity index is 1.61. The summed E-state index contributed by atoms with van der Waals surface area (Å²) in [5.41, 5.74) is 2.05.